The van der Waals surface area contributed by atoms with E-state index in [0.717, 1.165) is 5.69 Å². The van der Waals surface area contributed by atoms with Crippen LogP contribution in [-0.2, 0) is 11.3 Å². The molecular formula is C10H17N3O2. The van der Waals surface area contributed by atoms with Gasteiger partial charge >= 0.3 is 5.97 Å². The molecule has 1 aromatic heterocycles. The Bertz CT molecular complexity index is 333. The first-order valence-corrected chi connectivity index (χ1v) is 5.01. The fourth-order valence-corrected chi connectivity index (χ4v) is 1.10. The molecule has 0 aliphatic carbocycles. The quantitative estimate of drug-likeness (QED) is 0.763. The highest BCUT2D eigenvalue weighted by Crippen LogP contribution is 2.03. The largest absolute Gasteiger partial charge is 0.480 e. The summed E-state index contributed by atoms with van der Waals surface area (Å²) in [5.41, 5.74) is 0.858. The SMILES string of the molecule is CC(NCc1ccn(C(C)C)n1)C(=O)O. The maximum Gasteiger partial charge on any atom is 0.320 e. The van der Waals surface area contributed by atoms with Gasteiger partial charge in [0.2, 0.25) is 0 Å². The Labute approximate surface area is 89.1 Å². The van der Waals surface area contributed by atoms with Crippen LogP contribution in [0.3, 0.4) is 0 Å². The topological polar surface area (TPSA) is 67.2 Å². The molecule has 0 fully saturated rings. The van der Waals surface area contributed by atoms with Crippen LogP contribution in [0.1, 0.15) is 32.5 Å². The first-order chi connectivity index (χ1) is 7.00. The van der Waals surface area contributed by atoms with Gasteiger partial charge in [0.25, 0.3) is 0 Å². The van der Waals surface area contributed by atoms with Crippen LogP contribution in [-0.4, -0.2) is 26.9 Å². The van der Waals surface area contributed by atoms with Gasteiger partial charge in [-0.15, -0.1) is 0 Å². The zero-order valence-corrected chi connectivity index (χ0v) is 9.27. The Morgan fingerprint density at radius 3 is 2.73 bits per heavy atom. The van der Waals surface area contributed by atoms with Gasteiger partial charge in [-0.05, 0) is 26.8 Å². The van der Waals surface area contributed by atoms with Crippen LogP contribution in [0.25, 0.3) is 0 Å². The standard InChI is InChI=1S/C10H17N3O2/c1-7(2)13-5-4-9(12-13)6-11-8(3)10(14)15/h4-5,7-8,11H,6H2,1-3H3,(H,14,15). The molecule has 15 heavy (non-hydrogen) atoms. The molecule has 0 radical (unpaired) electrons. The molecule has 0 aromatic carbocycles. The summed E-state index contributed by atoms with van der Waals surface area (Å²) in [5, 5.41) is 15.8. The van der Waals surface area contributed by atoms with Gasteiger partial charge in [0, 0.05) is 18.8 Å². The van der Waals surface area contributed by atoms with Gasteiger partial charge in [-0.1, -0.05) is 0 Å². The number of aliphatic carboxylic acids is 1. The van der Waals surface area contributed by atoms with Gasteiger partial charge in [0.15, 0.2) is 0 Å². The van der Waals surface area contributed by atoms with Gasteiger partial charge < -0.3 is 5.11 Å². The number of rotatable bonds is 5. The zero-order chi connectivity index (χ0) is 11.4. The molecular weight excluding hydrogens is 194 g/mol. The summed E-state index contributed by atoms with van der Waals surface area (Å²) in [7, 11) is 0. The van der Waals surface area contributed by atoms with E-state index in [1.165, 1.54) is 0 Å². The highest BCUT2D eigenvalue weighted by Gasteiger charge is 2.10. The highest BCUT2D eigenvalue weighted by molar-refractivity contribution is 5.72. The molecule has 1 unspecified atom stereocenters. The molecule has 0 saturated heterocycles. The summed E-state index contributed by atoms with van der Waals surface area (Å²) in [6.07, 6.45) is 1.90. The van der Waals surface area contributed by atoms with Crippen molar-refractivity contribution < 1.29 is 9.90 Å². The van der Waals surface area contributed by atoms with Crippen LogP contribution in [0.5, 0.6) is 0 Å². The lowest BCUT2D eigenvalue weighted by molar-refractivity contribution is -0.139. The van der Waals surface area contributed by atoms with Crippen molar-refractivity contribution >= 4 is 5.97 Å². The lowest BCUT2D eigenvalue weighted by Crippen LogP contribution is -2.33. The minimum atomic E-state index is -0.849. The van der Waals surface area contributed by atoms with Crippen molar-refractivity contribution in [2.24, 2.45) is 0 Å². The van der Waals surface area contributed by atoms with E-state index in [4.69, 9.17) is 5.11 Å². The fraction of sp³-hybridized carbons (Fsp3) is 0.600. The third-order valence-corrected chi connectivity index (χ3v) is 2.15. The van der Waals surface area contributed by atoms with E-state index in [2.05, 4.69) is 10.4 Å². The van der Waals surface area contributed by atoms with Crippen LogP contribution in [0.4, 0.5) is 0 Å². The average molecular weight is 211 g/mol. The molecule has 0 amide bonds. The Morgan fingerprint density at radius 1 is 1.60 bits per heavy atom. The third kappa shape index (κ3) is 3.36. The molecule has 2 N–H and O–H groups in total. The number of carbonyl (C=O) groups is 1. The number of aromatic nitrogens is 2. The van der Waals surface area contributed by atoms with Gasteiger partial charge in [-0.3, -0.25) is 14.8 Å². The molecule has 5 heteroatoms. The monoisotopic (exact) mass is 211 g/mol. The second-order valence-electron chi connectivity index (χ2n) is 3.82. The van der Waals surface area contributed by atoms with Gasteiger partial charge in [0.1, 0.15) is 6.04 Å². The molecule has 5 nitrogen and oxygen atoms in total. The molecule has 0 aliphatic heterocycles. The Kier molecular flexibility index (Phi) is 3.85. The van der Waals surface area contributed by atoms with Crippen molar-refractivity contribution in [3.8, 4) is 0 Å². The van der Waals surface area contributed by atoms with Crippen molar-refractivity contribution in [3.05, 3.63) is 18.0 Å². The molecule has 1 heterocycles. The predicted molar refractivity (Wildman–Crippen MR) is 56.5 cm³/mol. The number of hydrogen-bond donors (Lipinski definition) is 2. The molecule has 84 valence electrons. The van der Waals surface area contributed by atoms with Crippen LogP contribution in [0.2, 0.25) is 0 Å². The molecule has 0 aliphatic rings. The number of carboxylic acid groups (broad SMARTS) is 1. The molecule has 1 atom stereocenters. The lowest BCUT2D eigenvalue weighted by atomic mass is 10.3. The Morgan fingerprint density at radius 2 is 2.27 bits per heavy atom. The molecule has 0 bridgehead atoms. The number of hydrogen-bond acceptors (Lipinski definition) is 3. The van der Waals surface area contributed by atoms with E-state index in [1.54, 1.807) is 6.92 Å². The summed E-state index contributed by atoms with van der Waals surface area (Å²) in [6, 6.07) is 1.67. The third-order valence-electron chi connectivity index (χ3n) is 2.15. The average Bonchev–Trinajstić information content (AvgIpc) is 2.62. The van der Waals surface area contributed by atoms with Crippen molar-refractivity contribution in [2.45, 2.75) is 39.4 Å². The number of carboxylic acids is 1. The minimum absolute atomic E-state index is 0.329. The summed E-state index contributed by atoms with van der Waals surface area (Å²) in [5.74, 6) is -0.849. The highest BCUT2D eigenvalue weighted by atomic mass is 16.4. The van der Waals surface area contributed by atoms with E-state index >= 15 is 0 Å². The first kappa shape index (κ1) is 11.7. The maximum atomic E-state index is 10.5. The van der Waals surface area contributed by atoms with Gasteiger partial charge in [-0.2, -0.15) is 5.10 Å². The summed E-state index contributed by atoms with van der Waals surface area (Å²) < 4.78 is 1.85. The maximum absolute atomic E-state index is 10.5. The molecule has 0 spiro atoms. The number of nitrogens with one attached hydrogen (secondary N) is 1. The van der Waals surface area contributed by atoms with E-state index in [9.17, 15) is 4.79 Å². The van der Waals surface area contributed by atoms with Crippen molar-refractivity contribution in [1.82, 2.24) is 15.1 Å². The smallest absolute Gasteiger partial charge is 0.320 e. The first-order valence-electron chi connectivity index (χ1n) is 5.01. The van der Waals surface area contributed by atoms with E-state index in [0.29, 0.717) is 12.6 Å². The number of nitrogens with zero attached hydrogens (tertiary/aromatic N) is 2. The Hall–Kier alpha value is -1.36. The second kappa shape index (κ2) is 4.93. The van der Waals surface area contributed by atoms with Crippen LogP contribution < -0.4 is 5.32 Å². The zero-order valence-electron chi connectivity index (χ0n) is 9.27. The van der Waals surface area contributed by atoms with Crippen molar-refractivity contribution in [3.63, 3.8) is 0 Å². The van der Waals surface area contributed by atoms with Crippen molar-refractivity contribution in [1.29, 1.82) is 0 Å². The fourth-order valence-electron chi connectivity index (χ4n) is 1.10. The van der Waals surface area contributed by atoms with Gasteiger partial charge in [-0.25, -0.2) is 0 Å². The minimum Gasteiger partial charge on any atom is -0.480 e. The summed E-state index contributed by atoms with van der Waals surface area (Å²) in [4.78, 5) is 10.5. The van der Waals surface area contributed by atoms with E-state index in [-0.39, 0.29) is 0 Å². The van der Waals surface area contributed by atoms with Crippen LogP contribution >= 0.6 is 0 Å². The molecule has 1 rings (SSSR count). The Balaban J connectivity index is 2.47. The van der Waals surface area contributed by atoms with Crippen molar-refractivity contribution in [2.75, 3.05) is 0 Å². The molecule has 0 saturated carbocycles. The summed E-state index contributed by atoms with van der Waals surface area (Å²) in [6.45, 7) is 6.18. The van der Waals surface area contributed by atoms with Crippen LogP contribution in [0, 0.1) is 0 Å². The normalized spacial score (nSPS) is 13.1. The summed E-state index contributed by atoms with van der Waals surface area (Å²) >= 11 is 0. The molecule has 1 aromatic rings. The van der Waals surface area contributed by atoms with E-state index in [1.807, 2.05) is 30.8 Å². The second-order valence-corrected chi connectivity index (χ2v) is 3.82. The lowest BCUT2D eigenvalue weighted by Gasteiger charge is -2.07. The predicted octanol–water partition coefficient (Wildman–Crippen LogP) is 1.03. The van der Waals surface area contributed by atoms with Gasteiger partial charge in [0.05, 0.1) is 5.69 Å². The van der Waals surface area contributed by atoms with E-state index < -0.39 is 12.0 Å². The van der Waals surface area contributed by atoms with Crippen LogP contribution in [0.15, 0.2) is 12.3 Å².